The molecule has 2 aromatic rings. The first-order valence-electron chi connectivity index (χ1n) is 12.5. The van der Waals surface area contributed by atoms with Crippen LogP contribution in [0.3, 0.4) is 0 Å². The van der Waals surface area contributed by atoms with E-state index in [1.807, 2.05) is 32.0 Å². The van der Waals surface area contributed by atoms with Crippen LogP contribution in [-0.4, -0.2) is 30.3 Å². The van der Waals surface area contributed by atoms with Crippen molar-refractivity contribution in [3.63, 3.8) is 0 Å². The number of esters is 1. The molecule has 0 unspecified atom stereocenters. The summed E-state index contributed by atoms with van der Waals surface area (Å²) in [5.41, 5.74) is 3.57. The van der Waals surface area contributed by atoms with Crippen molar-refractivity contribution in [2.75, 3.05) is 16.8 Å². The summed E-state index contributed by atoms with van der Waals surface area (Å²) in [6.45, 7) is 3.64. The molecule has 7 heteroatoms. The van der Waals surface area contributed by atoms with Crippen LogP contribution in [0.2, 0.25) is 0 Å². The van der Waals surface area contributed by atoms with E-state index in [1.54, 1.807) is 12.1 Å². The second-order valence-electron chi connectivity index (χ2n) is 9.73. The van der Waals surface area contributed by atoms with Gasteiger partial charge in [0.2, 0.25) is 11.8 Å². The van der Waals surface area contributed by atoms with Gasteiger partial charge in [-0.1, -0.05) is 32.0 Å². The Morgan fingerprint density at radius 1 is 0.914 bits per heavy atom. The lowest BCUT2D eigenvalue weighted by Crippen LogP contribution is -2.32. The van der Waals surface area contributed by atoms with Crippen molar-refractivity contribution < 1.29 is 23.9 Å². The highest BCUT2D eigenvalue weighted by atomic mass is 16.5. The molecule has 1 aliphatic heterocycles. The third-order valence-corrected chi connectivity index (χ3v) is 7.89. The first-order chi connectivity index (χ1) is 16.9. The minimum Gasteiger partial charge on any atom is -0.452 e. The number of anilines is 2. The summed E-state index contributed by atoms with van der Waals surface area (Å²) in [6, 6.07) is 12.2. The number of aryl methyl sites for hydroxylation is 2. The zero-order valence-corrected chi connectivity index (χ0v) is 20.1. The zero-order chi connectivity index (χ0) is 24.7. The Balaban J connectivity index is 1.21. The number of fused-ring (bicyclic) bond motifs is 5. The number of hydrogen-bond donors (Lipinski definition) is 1. The van der Waals surface area contributed by atoms with Gasteiger partial charge in [-0.05, 0) is 79.3 Å². The molecule has 1 heterocycles. The quantitative estimate of drug-likeness (QED) is 0.481. The number of imide groups is 1. The molecule has 3 amide bonds. The van der Waals surface area contributed by atoms with Gasteiger partial charge < -0.3 is 10.1 Å². The van der Waals surface area contributed by atoms with Crippen LogP contribution in [0, 0.1) is 23.7 Å². The van der Waals surface area contributed by atoms with Crippen molar-refractivity contribution in [1.29, 1.82) is 0 Å². The molecular formula is C28H30N2O5. The fraction of sp³-hybridized carbons (Fsp3) is 0.429. The molecule has 3 aliphatic rings. The van der Waals surface area contributed by atoms with Gasteiger partial charge in [0, 0.05) is 5.69 Å². The van der Waals surface area contributed by atoms with Gasteiger partial charge in [0.1, 0.15) is 0 Å². The van der Waals surface area contributed by atoms with Crippen molar-refractivity contribution in [2.45, 2.75) is 46.0 Å². The number of rotatable bonds is 7. The van der Waals surface area contributed by atoms with Gasteiger partial charge >= 0.3 is 5.97 Å². The average Bonchev–Trinajstić information content (AvgIpc) is 3.56. The van der Waals surface area contributed by atoms with Crippen molar-refractivity contribution >= 4 is 35.1 Å². The largest absolute Gasteiger partial charge is 0.452 e. The first kappa shape index (κ1) is 23.3. The Morgan fingerprint density at radius 3 is 2.03 bits per heavy atom. The standard InChI is InChI=1S/C28H30N2O5/c1-3-16-6-5-7-17(4-2)25(16)29-22(31)15-35-28(34)18-10-12-21(13-11-18)30-26(32)23-19-8-9-20(14-19)24(23)27(30)33/h5-7,10-13,19-20,23-24H,3-4,8-9,14-15H2,1-2H3,(H,29,31)/t19-,20-,23+,24+/m0/s1. The Hall–Kier alpha value is -3.48. The Bertz CT molecular complexity index is 1140. The van der Waals surface area contributed by atoms with E-state index in [9.17, 15) is 19.2 Å². The minimum absolute atomic E-state index is 0.113. The summed E-state index contributed by atoms with van der Waals surface area (Å²) in [5, 5.41) is 2.88. The Morgan fingerprint density at radius 2 is 1.49 bits per heavy atom. The maximum Gasteiger partial charge on any atom is 0.338 e. The van der Waals surface area contributed by atoms with Gasteiger partial charge in [0.05, 0.1) is 23.1 Å². The lowest BCUT2D eigenvalue weighted by Gasteiger charge is -2.19. The molecule has 1 saturated heterocycles. The highest BCUT2D eigenvalue weighted by Gasteiger charge is 2.61. The number of nitrogens with one attached hydrogen (secondary N) is 1. The predicted molar refractivity (Wildman–Crippen MR) is 131 cm³/mol. The second kappa shape index (κ2) is 9.29. The van der Waals surface area contributed by atoms with Crippen molar-refractivity contribution in [3.8, 4) is 0 Å². The summed E-state index contributed by atoms with van der Waals surface area (Å²) in [6.07, 6.45) is 4.60. The normalized spacial score (nSPS) is 24.6. The maximum absolute atomic E-state index is 13.0. The zero-order valence-electron chi connectivity index (χ0n) is 20.1. The Kier molecular flexibility index (Phi) is 6.17. The number of carbonyl (C=O) groups excluding carboxylic acids is 4. The number of carbonyl (C=O) groups is 4. The third kappa shape index (κ3) is 4.03. The van der Waals surface area contributed by atoms with Gasteiger partial charge in [-0.25, -0.2) is 4.79 Å². The van der Waals surface area contributed by atoms with Crippen LogP contribution in [0.25, 0.3) is 0 Å². The smallest absolute Gasteiger partial charge is 0.338 e. The third-order valence-electron chi connectivity index (χ3n) is 7.89. The molecule has 182 valence electrons. The van der Waals surface area contributed by atoms with E-state index < -0.39 is 18.5 Å². The van der Waals surface area contributed by atoms with Gasteiger partial charge in [-0.2, -0.15) is 0 Å². The van der Waals surface area contributed by atoms with Crippen molar-refractivity contribution in [3.05, 3.63) is 59.2 Å². The predicted octanol–water partition coefficient (Wildman–Crippen LogP) is 4.14. The summed E-state index contributed by atoms with van der Waals surface area (Å²) in [5.74, 6) is -0.990. The van der Waals surface area contributed by atoms with Crippen LogP contribution in [0.4, 0.5) is 11.4 Å². The van der Waals surface area contributed by atoms with Crippen LogP contribution < -0.4 is 10.2 Å². The number of nitrogens with zero attached hydrogens (tertiary/aromatic N) is 1. The highest BCUT2D eigenvalue weighted by molar-refractivity contribution is 6.22. The fourth-order valence-electron chi connectivity index (χ4n) is 6.20. The van der Waals surface area contributed by atoms with E-state index in [0.717, 1.165) is 48.9 Å². The summed E-state index contributed by atoms with van der Waals surface area (Å²) < 4.78 is 5.22. The summed E-state index contributed by atoms with van der Waals surface area (Å²) in [4.78, 5) is 52.3. The molecule has 0 aromatic heterocycles. The average molecular weight is 475 g/mol. The number of ether oxygens (including phenoxy) is 1. The van der Waals surface area contributed by atoms with Crippen LogP contribution in [0.15, 0.2) is 42.5 Å². The monoisotopic (exact) mass is 474 g/mol. The van der Waals surface area contributed by atoms with Gasteiger partial charge in [0.15, 0.2) is 6.61 Å². The maximum atomic E-state index is 13.0. The van der Waals surface area contributed by atoms with Crippen LogP contribution in [-0.2, 0) is 32.0 Å². The van der Waals surface area contributed by atoms with Crippen LogP contribution >= 0.6 is 0 Å². The topological polar surface area (TPSA) is 92.8 Å². The lowest BCUT2D eigenvalue weighted by atomic mass is 9.81. The fourth-order valence-corrected chi connectivity index (χ4v) is 6.20. The highest BCUT2D eigenvalue weighted by Crippen LogP contribution is 2.56. The molecule has 7 nitrogen and oxygen atoms in total. The van der Waals surface area contributed by atoms with Gasteiger partial charge in [-0.15, -0.1) is 0 Å². The van der Waals surface area contributed by atoms with Gasteiger partial charge in [0.25, 0.3) is 5.91 Å². The molecule has 1 N–H and O–H groups in total. The Labute approximate surface area is 204 Å². The molecule has 0 spiro atoms. The number of amides is 3. The number of benzene rings is 2. The van der Waals surface area contributed by atoms with Crippen LogP contribution in [0.1, 0.15) is 54.6 Å². The van der Waals surface area contributed by atoms with E-state index in [-0.39, 0.29) is 29.2 Å². The van der Waals surface area contributed by atoms with E-state index in [1.165, 1.54) is 17.0 Å². The van der Waals surface area contributed by atoms with E-state index in [4.69, 9.17) is 4.74 Å². The molecular weight excluding hydrogens is 444 g/mol. The summed E-state index contributed by atoms with van der Waals surface area (Å²) in [7, 11) is 0. The number of para-hydroxylation sites is 1. The summed E-state index contributed by atoms with van der Waals surface area (Å²) >= 11 is 0. The molecule has 35 heavy (non-hydrogen) atoms. The molecule has 3 fully saturated rings. The van der Waals surface area contributed by atoms with Crippen molar-refractivity contribution in [2.24, 2.45) is 23.7 Å². The molecule has 4 atom stereocenters. The first-order valence-corrected chi connectivity index (χ1v) is 12.5. The van der Waals surface area contributed by atoms with E-state index in [2.05, 4.69) is 5.32 Å². The lowest BCUT2D eigenvalue weighted by molar-refractivity contribution is -0.123. The minimum atomic E-state index is -0.639. The molecule has 2 saturated carbocycles. The van der Waals surface area contributed by atoms with E-state index >= 15 is 0 Å². The SMILES string of the molecule is CCc1cccc(CC)c1NC(=O)COC(=O)c1ccc(N2C(=O)[C@@H]3[C@H]4CC[C@@H](C4)[C@H]3C2=O)cc1. The molecule has 2 bridgehead atoms. The van der Waals surface area contributed by atoms with E-state index in [0.29, 0.717) is 17.5 Å². The number of hydrogen-bond acceptors (Lipinski definition) is 5. The van der Waals surface area contributed by atoms with Gasteiger partial charge in [-0.3, -0.25) is 19.3 Å². The van der Waals surface area contributed by atoms with Crippen LogP contribution in [0.5, 0.6) is 0 Å². The molecule has 2 aromatic carbocycles. The second-order valence-corrected chi connectivity index (χ2v) is 9.73. The van der Waals surface area contributed by atoms with Crippen molar-refractivity contribution in [1.82, 2.24) is 0 Å². The molecule has 2 aliphatic carbocycles. The molecule has 0 radical (unpaired) electrons. The molecule has 5 rings (SSSR count).